The number of likely N-dealkylation sites (tertiary alicyclic amines) is 1. The van der Waals surface area contributed by atoms with Gasteiger partial charge >= 0.3 is 6.09 Å². The van der Waals surface area contributed by atoms with Crippen molar-refractivity contribution in [1.29, 1.82) is 0 Å². The van der Waals surface area contributed by atoms with Gasteiger partial charge < -0.3 is 14.2 Å². The van der Waals surface area contributed by atoms with Crippen molar-refractivity contribution in [3.63, 3.8) is 0 Å². The van der Waals surface area contributed by atoms with Crippen LogP contribution in [0.4, 0.5) is 4.79 Å². The van der Waals surface area contributed by atoms with E-state index >= 15 is 0 Å². The predicted molar refractivity (Wildman–Crippen MR) is 113 cm³/mol. The number of rotatable bonds is 3. The average molecular weight is 432 g/mol. The fourth-order valence-electron chi connectivity index (χ4n) is 3.71. The Bertz CT molecular complexity index is 1060. The van der Waals surface area contributed by atoms with Crippen LogP contribution in [0.15, 0.2) is 22.7 Å². The highest BCUT2D eigenvalue weighted by Gasteiger charge is 2.30. The van der Waals surface area contributed by atoms with E-state index in [0.717, 1.165) is 35.9 Å². The lowest BCUT2D eigenvalue weighted by Crippen LogP contribution is -2.41. The summed E-state index contributed by atoms with van der Waals surface area (Å²) in [4.78, 5) is 18.6. The molecule has 0 atom stereocenters. The molecule has 0 saturated carbocycles. The van der Waals surface area contributed by atoms with Crippen molar-refractivity contribution >= 4 is 28.6 Å². The van der Waals surface area contributed by atoms with Crippen LogP contribution in [0.3, 0.4) is 0 Å². The quantitative estimate of drug-likeness (QED) is 0.595. The molecular weight excluding hydrogens is 406 g/mol. The molecule has 3 heterocycles. The van der Waals surface area contributed by atoms with E-state index in [9.17, 15) is 4.79 Å². The molecule has 0 bridgehead atoms. The van der Waals surface area contributed by atoms with Gasteiger partial charge in [0.1, 0.15) is 5.60 Å². The first-order valence-electron chi connectivity index (χ1n) is 10.2. The second-order valence-corrected chi connectivity index (χ2v) is 8.93. The summed E-state index contributed by atoms with van der Waals surface area (Å²) < 4.78 is 12.7. The van der Waals surface area contributed by atoms with E-state index in [-0.39, 0.29) is 12.0 Å². The summed E-state index contributed by atoms with van der Waals surface area (Å²) in [5.41, 5.74) is 1.22. The summed E-state index contributed by atoms with van der Waals surface area (Å²) in [7, 11) is 0. The number of halogens is 1. The summed E-state index contributed by atoms with van der Waals surface area (Å²) in [5, 5.41) is 10.4. The molecule has 30 heavy (non-hydrogen) atoms. The predicted octanol–water partition coefficient (Wildman–Crippen LogP) is 4.74. The third-order valence-corrected chi connectivity index (χ3v) is 5.49. The second kappa shape index (κ2) is 7.91. The molecule has 1 saturated heterocycles. The first-order valence-corrected chi connectivity index (χ1v) is 10.6. The van der Waals surface area contributed by atoms with E-state index in [0.29, 0.717) is 30.0 Å². The van der Waals surface area contributed by atoms with Crippen LogP contribution < -0.4 is 0 Å². The minimum absolute atomic E-state index is 0.0906. The number of aryl methyl sites for hydroxylation is 1. The molecule has 1 aliphatic rings. The molecular formula is C21H26ClN5O3. The van der Waals surface area contributed by atoms with Crippen molar-refractivity contribution in [3.8, 4) is 5.95 Å². The number of aromatic nitrogens is 4. The Morgan fingerprint density at radius 3 is 2.70 bits per heavy atom. The van der Waals surface area contributed by atoms with Crippen LogP contribution in [0.2, 0.25) is 5.02 Å². The molecule has 4 rings (SSSR count). The first kappa shape index (κ1) is 20.7. The third kappa shape index (κ3) is 4.01. The normalized spacial score (nSPS) is 15.7. The smallest absolute Gasteiger partial charge is 0.410 e. The molecule has 1 fully saturated rings. The van der Waals surface area contributed by atoms with E-state index in [2.05, 4.69) is 15.2 Å². The number of piperidine rings is 1. The Kier molecular flexibility index (Phi) is 5.44. The molecule has 0 radical (unpaired) electrons. The zero-order valence-electron chi connectivity index (χ0n) is 17.7. The summed E-state index contributed by atoms with van der Waals surface area (Å²) in [6, 6.07) is 5.74. The zero-order chi connectivity index (χ0) is 21.5. The number of amides is 1. The molecule has 2 aromatic heterocycles. The van der Waals surface area contributed by atoms with E-state index in [1.807, 2.05) is 45.9 Å². The number of benzene rings is 1. The zero-order valence-corrected chi connectivity index (χ0v) is 18.4. The number of fused-ring (bicyclic) bond motifs is 1. The monoisotopic (exact) mass is 431 g/mol. The van der Waals surface area contributed by atoms with Gasteiger partial charge in [-0.15, -0.1) is 0 Å². The van der Waals surface area contributed by atoms with Gasteiger partial charge in [-0.25, -0.2) is 4.79 Å². The lowest BCUT2D eigenvalue weighted by molar-refractivity contribution is 0.0198. The largest absolute Gasteiger partial charge is 0.444 e. The first-order chi connectivity index (χ1) is 14.3. The Hall–Kier alpha value is -2.61. The Morgan fingerprint density at radius 2 is 2.03 bits per heavy atom. The number of hydrogen-bond acceptors (Lipinski definition) is 6. The van der Waals surface area contributed by atoms with Crippen LogP contribution >= 0.6 is 11.6 Å². The highest BCUT2D eigenvalue weighted by molar-refractivity contribution is 6.35. The number of nitrogens with zero attached hydrogens (tertiary/aromatic N) is 5. The van der Waals surface area contributed by atoms with E-state index < -0.39 is 5.60 Å². The van der Waals surface area contributed by atoms with E-state index in [4.69, 9.17) is 20.9 Å². The molecule has 0 N–H and O–H groups in total. The highest BCUT2D eigenvalue weighted by atomic mass is 35.5. The SMILES string of the molecule is CCc1nn(-c2noc(C3CCN(C(=O)OC(C)(C)C)CC3)n2)c2c(Cl)cccc12. The van der Waals surface area contributed by atoms with Gasteiger partial charge in [0, 0.05) is 24.4 Å². The third-order valence-electron chi connectivity index (χ3n) is 5.18. The molecule has 160 valence electrons. The van der Waals surface area contributed by atoms with Crippen LogP contribution in [0.1, 0.15) is 58.0 Å². The number of carbonyl (C=O) groups is 1. The van der Waals surface area contributed by atoms with Crippen molar-refractivity contribution < 1.29 is 14.1 Å². The van der Waals surface area contributed by atoms with Gasteiger partial charge in [-0.1, -0.05) is 30.7 Å². The summed E-state index contributed by atoms with van der Waals surface area (Å²) in [5.74, 6) is 1.02. The molecule has 1 aromatic carbocycles. The van der Waals surface area contributed by atoms with Gasteiger partial charge in [0.15, 0.2) is 0 Å². The van der Waals surface area contributed by atoms with Gasteiger partial charge in [0.25, 0.3) is 5.95 Å². The standard InChI is InChI=1S/C21H26ClN5O3/c1-5-16-14-7-6-8-15(22)17(14)27(24-16)19-23-18(30-25-19)13-9-11-26(12-10-13)20(28)29-21(2,3)4/h6-8,13H,5,9-12H2,1-4H3. The molecule has 9 heteroatoms. The van der Waals surface area contributed by atoms with Crippen molar-refractivity contribution in [2.24, 2.45) is 0 Å². The van der Waals surface area contributed by atoms with Gasteiger partial charge in [-0.3, -0.25) is 0 Å². The maximum absolute atomic E-state index is 12.3. The molecule has 1 aliphatic heterocycles. The average Bonchev–Trinajstić information content (AvgIpc) is 3.32. The maximum Gasteiger partial charge on any atom is 0.410 e. The maximum atomic E-state index is 12.3. The fraction of sp³-hybridized carbons (Fsp3) is 0.524. The number of para-hydroxylation sites is 1. The van der Waals surface area contributed by atoms with E-state index in [1.165, 1.54) is 0 Å². The number of carbonyl (C=O) groups excluding carboxylic acids is 1. The molecule has 0 unspecified atom stereocenters. The van der Waals surface area contributed by atoms with Crippen molar-refractivity contribution in [2.75, 3.05) is 13.1 Å². The Morgan fingerprint density at radius 1 is 1.30 bits per heavy atom. The van der Waals surface area contributed by atoms with Crippen LogP contribution in [0.5, 0.6) is 0 Å². The summed E-state index contributed by atoms with van der Waals surface area (Å²) in [6.45, 7) is 8.83. The number of hydrogen-bond donors (Lipinski definition) is 0. The van der Waals surface area contributed by atoms with E-state index in [1.54, 1.807) is 9.58 Å². The second-order valence-electron chi connectivity index (χ2n) is 8.52. The van der Waals surface area contributed by atoms with Gasteiger partial charge in [-0.2, -0.15) is 14.8 Å². The Labute approximate surface area is 180 Å². The van der Waals surface area contributed by atoms with Gasteiger partial charge in [0.2, 0.25) is 5.89 Å². The van der Waals surface area contributed by atoms with Crippen LogP contribution in [0.25, 0.3) is 16.9 Å². The molecule has 0 spiro atoms. The summed E-state index contributed by atoms with van der Waals surface area (Å²) in [6.07, 6.45) is 1.97. The lowest BCUT2D eigenvalue weighted by Gasteiger charge is -2.32. The van der Waals surface area contributed by atoms with Crippen molar-refractivity contribution in [1.82, 2.24) is 24.8 Å². The molecule has 3 aromatic rings. The van der Waals surface area contributed by atoms with Crippen LogP contribution in [0, 0.1) is 0 Å². The number of ether oxygens (including phenoxy) is 1. The molecule has 0 aliphatic carbocycles. The Balaban J connectivity index is 1.51. The minimum Gasteiger partial charge on any atom is -0.444 e. The topological polar surface area (TPSA) is 86.3 Å². The fourth-order valence-corrected chi connectivity index (χ4v) is 3.96. The minimum atomic E-state index is -0.500. The van der Waals surface area contributed by atoms with Gasteiger partial charge in [0.05, 0.1) is 16.2 Å². The van der Waals surface area contributed by atoms with Crippen LogP contribution in [-0.4, -0.2) is 49.6 Å². The summed E-state index contributed by atoms with van der Waals surface area (Å²) >= 11 is 6.43. The van der Waals surface area contributed by atoms with Gasteiger partial charge in [-0.05, 0) is 51.3 Å². The highest BCUT2D eigenvalue weighted by Crippen LogP contribution is 2.31. The molecule has 8 nitrogen and oxygen atoms in total. The van der Waals surface area contributed by atoms with Crippen molar-refractivity contribution in [3.05, 3.63) is 34.8 Å². The van der Waals surface area contributed by atoms with Crippen LogP contribution in [-0.2, 0) is 11.2 Å². The molecule has 1 amide bonds. The van der Waals surface area contributed by atoms with Crippen molar-refractivity contribution in [2.45, 2.75) is 58.5 Å². The lowest BCUT2D eigenvalue weighted by atomic mass is 9.97.